The molecule has 0 aliphatic carbocycles. The topological polar surface area (TPSA) is 70.1 Å². The van der Waals surface area contributed by atoms with Gasteiger partial charge in [-0.05, 0) is 13.0 Å². The molecule has 0 amide bonds. The zero-order valence-electron chi connectivity index (χ0n) is 11.1. The zero-order chi connectivity index (χ0) is 14.5. The summed E-state index contributed by atoms with van der Waals surface area (Å²) in [7, 11) is 0. The van der Waals surface area contributed by atoms with Crippen LogP contribution in [0.25, 0.3) is 0 Å². The van der Waals surface area contributed by atoms with Gasteiger partial charge in [-0.2, -0.15) is 5.10 Å². The van der Waals surface area contributed by atoms with Crippen LogP contribution in [0.4, 0.5) is 4.39 Å². The van der Waals surface area contributed by atoms with E-state index in [1.54, 1.807) is 25.1 Å². The minimum atomic E-state index is -0.459. The Balaban J connectivity index is 2.29. The molecule has 2 N–H and O–H groups in total. The second kappa shape index (κ2) is 6.29. The highest BCUT2D eigenvalue weighted by atomic mass is 19.1. The number of nitrogens with zero attached hydrogens (tertiary/aromatic N) is 2. The number of rotatable bonds is 5. The third-order valence-electron chi connectivity index (χ3n) is 2.92. The standard InChI is InChI=1S/C14H16FN3O2/c1-2-20-14(19)10-8-17-18(9-10)13(7-16)11-5-3-4-6-12(11)15/h3-6,8-9,13H,2,7,16H2,1H3. The fourth-order valence-corrected chi connectivity index (χ4v) is 1.95. The van der Waals surface area contributed by atoms with Crippen molar-refractivity contribution in [2.45, 2.75) is 13.0 Å². The van der Waals surface area contributed by atoms with E-state index in [1.165, 1.54) is 23.1 Å². The van der Waals surface area contributed by atoms with E-state index < -0.39 is 12.0 Å². The van der Waals surface area contributed by atoms with E-state index in [4.69, 9.17) is 10.5 Å². The molecule has 20 heavy (non-hydrogen) atoms. The van der Waals surface area contributed by atoms with Gasteiger partial charge in [0.25, 0.3) is 0 Å². The van der Waals surface area contributed by atoms with E-state index in [9.17, 15) is 9.18 Å². The van der Waals surface area contributed by atoms with E-state index in [1.807, 2.05) is 0 Å². The van der Waals surface area contributed by atoms with Gasteiger partial charge in [-0.3, -0.25) is 4.68 Å². The Hall–Kier alpha value is -2.21. The Labute approximate surface area is 116 Å². The number of hydrogen-bond donors (Lipinski definition) is 1. The molecule has 0 aliphatic heterocycles. The van der Waals surface area contributed by atoms with Crippen LogP contribution in [0.1, 0.15) is 28.9 Å². The quantitative estimate of drug-likeness (QED) is 0.845. The Kier molecular flexibility index (Phi) is 4.47. The van der Waals surface area contributed by atoms with Crippen LogP contribution in [-0.4, -0.2) is 28.9 Å². The van der Waals surface area contributed by atoms with Crippen LogP contribution in [0, 0.1) is 5.82 Å². The summed E-state index contributed by atoms with van der Waals surface area (Å²) in [5, 5.41) is 4.08. The lowest BCUT2D eigenvalue weighted by Crippen LogP contribution is -2.22. The van der Waals surface area contributed by atoms with Crippen LogP contribution in [0.15, 0.2) is 36.7 Å². The molecule has 0 bridgehead atoms. The Bertz CT molecular complexity index is 598. The lowest BCUT2D eigenvalue weighted by Gasteiger charge is -2.16. The summed E-state index contributed by atoms with van der Waals surface area (Å²) in [4.78, 5) is 11.6. The molecule has 6 heteroatoms. The summed E-state index contributed by atoms with van der Waals surface area (Å²) in [5.41, 5.74) is 6.47. The first kappa shape index (κ1) is 14.2. The summed E-state index contributed by atoms with van der Waals surface area (Å²) in [6.45, 7) is 2.19. The first-order chi connectivity index (χ1) is 9.67. The van der Waals surface area contributed by atoms with Crippen molar-refractivity contribution in [1.29, 1.82) is 0 Å². The Morgan fingerprint density at radius 1 is 1.50 bits per heavy atom. The third kappa shape index (κ3) is 2.85. The maximum absolute atomic E-state index is 13.8. The molecule has 1 aromatic carbocycles. The zero-order valence-corrected chi connectivity index (χ0v) is 11.1. The Morgan fingerprint density at radius 2 is 2.25 bits per heavy atom. The second-order valence-corrected chi connectivity index (χ2v) is 4.20. The summed E-state index contributed by atoms with van der Waals surface area (Å²) < 4.78 is 20.2. The molecular formula is C14H16FN3O2. The SMILES string of the molecule is CCOC(=O)c1cnn(C(CN)c2ccccc2F)c1. The molecule has 1 unspecified atom stereocenters. The number of aromatic nitrogens is 2. The summed E-state index contributed by atoms with van der Waals surface area (Å²) in [5.74, 6) is -0.806. The number of carbonyl (C=O) groups excluding carboxylic acids is 1. The molecule has 1 atom stereocenters. The van der Waals surface area contributed by atoms with Crippen molar-refractivity contribution in [1.82, 2.24) is 9.78 Å². The molecular weight excluding hydrogens is 261 g/mol. The molecule has 0 aliphatic rings. The summed E-state index contributed by atoms with van der Waals surface area (Å²) in [6, 6.07) is 5.90. The van der Waals surface area contributed by atoms with E-state index in [2.05, 4.69) is 5.10 Å². The molecule has 0 radical (unpaired) electrons. The van der Waals surface area contributed by atoms with Gasteiger partial charge in [0.2, 0.25) is 0 Å². The van der Waals surface area contributed by atoms with Crippen LogP contribution in [0.3, 0.4) is 0 Å². The van der Waals surface area contributed by atoms with Gasteiger partial charge in [0.05, 0.1) is 24.4 Å². The Morgan fingerprint density at radius 3 is 2.90 bits per heavy atom. The predicted molar refractivity (Wildman–Crippen MR) is 71.8 cm³/mol. The molecule has 1 heterocycles. The monoisotopic (exact) mass is 277 g/mol. The van der Waals surface area contributed by atoms with Gasteiger partial charge in [0, 0.05) is 18.3 Å². The highest BCUT2D eigenvalue weighted by Crippen LogP contribution is 2.20. The minimum Gasteiger partial charge on any atom is -0.462 e. The highest BCUT2D eigenvalue weighted by Gasteiger charge is 2.18. The summed E-state index contributed by atoms with van der Waals surface area (Å²) >= 11 is 0. The molecule has 2 rings (SSSR count). The molecule has 0 fully saturated rings. The van der Waals surface area contributed by atoms with Crippen molar-refractivity contribution in [3.8, 4) is 0 Å². The van der Waals surface area contributed by atoms with Crippen molar-refractivity contribution in [3.05, 3.63) is 53.6 Å². The van der Waals surface area contributed by atoms with Crippen LogP contribution in [0.2, 0.25) is 0 Å². The number of carbonyl (C=O) groups is 1. The van der Waals surface area contributed by atoms with Gasteiger partial charge in [0.15, 0.2) is 0 Å². The molecule has 1 aromatic heterocycles. The van der Waals surface area contributed by atoms with E-state index in [0.29, 0.717) is 11.1 Å². The van der Waals surface area contributed by atoms with Gasteiger partial charge >= 0.3 is 5.97 Å². The molecule has 2 aromatic rings. The molecule has 106 valence electrons. The molecule has 0 saturated carbocycles. The molecule has 0 spiro atoms. The minimum absolute atomic E-state index is 0.172. The summed E-state index contributed by atoms with van der Waals surface area (Å²) in [6.07, 6.45) is 2.91. The first-order valence-corrected chi connectivity index (χ1v) is 6.33. The number of benzene rings is 1. The van der Waals surface area contributed by atoms with Crippen molar-refractivity contribution >= 4 is 5.97 Å². The van der Waals surface area contributed by atoms with E-state index >= 15 is 0 Å². The van der Waals surface area contributed by atoms with Gasteiger partial charge in [-0.25, -0.2) is 9.18 Å². The smallest absolute Gasteiger partial charge is 0.341 e. The number of nitrogens with two attached hydrogens (primary N) is 1. The predicted octanol–water partition coefficient (Wildman–Crippen LogP) is 1.75. The van der Waals surface area contributed by atoms with Crippen molar-refractivity contribution in [3.63, 3.8) is 0 Å². The van der Waals surface area contributed by atoms with Gasteiger partial charge in [-0.1, -0.05) is 18.2 Å². The fraction of sp³-hybridized carbons (Fsp3) is 0.286. The van der Waals surface area contributed by atoms with Crippen molar-refractivity contribution in [2.75, 3.05) is 13.2 Å². The largest absolute Gasteiger partial charge is 0.462 e. The molecule has 5 nitrogen and oxygen atoms in total. The number of ether oxygens (including phenoxy) is 1. The van der Waals surface area contributed by atoms with Crippen LogP contribution >= 0.6 is 0 Å². The van der Waals surface area contributed by atoms with E-state index in [0.717, 1.165) is 0 Å². The van der Waals surface area contributed by atoms with Crippen molar-refractivity contribution in [2.24, 2.45) is 5.73 Å². The number of esters is 1. The lowest BCUT2D eigenvalue weighted by molar-refractivity contribution is 0.0526. The second-order valence-electron chi connectivity index (χ2n) is 4.20. The van der Waals surface area contributed by atoms with Crippen LogP contribution in [-0.2, 0) is 4.74 Å². The third-order valence-corrected chi connectivity index (χ3v) is 2.92. The highest BCUT2D eigenvalue weighted by molar-refractivity contribution is 5.88. The average molecular weight is 277 g/mol. The molecule has 0 saturated heterocycles. The maximum Gasteiger partial charge on any atom is 0.341 e. The number of halogens is 1. The first-order valence-electron chi connectivity index (χ1n) is 6.33. The van der Waals surface area contributed by atoms with Gasteiger partial charge in [0.1, 0.15) is 5.82 Å². The normalized spacial score (nSPS) is 12.2. The van der Waals surface area contributed by atoms with E-state index in [-0.39, 0.29) is 19.0 Å². The fourth-order valence-electron chi connectivity index (χ4n) is 1.95. The van der Waals surface area contributed by atoms with Gasteiger partial charge < -0.3 is 10.5 Å². The van der Waals surface area contributed by atoms with Crippen LogP contribution < -0.4 is 5.73 Å². The van der Waals surface area contributed by atoms with Crippen LogP contribution in [0.5, 0.6) is 0 Å². The van der Waals surface area contributed by atoms with Gasteiger partial charge in [-0.15, -0.1) is 0 Å². The lowest BCUT2D eigenvalue weighted by atomic mass is 10.1. The average Bonchev–Trinajstić information content (AvgIpc) is 2.92. The van der Waals surface area contributed by atoms with Crippen molar-refractivity contribution < 1.29 is 13.9 Å². The maximum atomic E-state index is 13.8. The number of hydrogen-bond acceptors (Lipinski definition) is 4.